The summed E-state index contributed by atoms with van der Waals surface area (Å²) in [5.41, 5.74) is 2.16. The fourth-order valence-electron chi connectivity index (χ4n) is 2.87. The van der Waals surface area contributed by atoms with E-state index in [0.717, 1.165) is 22.2 Å². The highest BCUT2D eigenvalue weighted by atomic mass is 15.5. The molecule has 0 amide bonds. The van der Waals surface area contributed by atoms with Gasteiger partial charge in [0.1, 0.15) is 5.52 Å². The Hall–Kier alpha value is -1.42. The Kier molecular flexibility index (Phi) is 2.59. The van der Waals surface area contributed by atoms with Crippen molar-refractivity contribution in [3.05, 3.63) is 24.3 Å². The number of para-hydroxylation sites is 1. The van der Waals surface area contributed by atoms with E-state index >= 15 is 0 Å². The van der Waals surface area contributed by atoms with Gasteiger partial charge in [-0.05, 0) is 19.1 Å². The first-order chi connectivity index (χ1) is 8.33. The van der Waals surface area contributed by atoms with Gasteiger partial charge in [0.2, 0.25) is 0 Å². The molecule has 0 saturated carbocycles. The number of fused-ring (bicyclic) bond motifs is 1. The molecule has 1 aliphatic heterocycles. The maximum Gasteiger partial charge on any atom is 0.176 e. The maximum absolute atomic E-state index is 4.30. The van der Waals surface area contributed by atoms with Gasteiger partial charge in [0, 0.05) is 12.8 Å². The lowest BCUT2D eigenvalue weighted by atomic mass is 10.3. The molecule has 3 rings (SSSR count). The Morgan fingerprint density at radius 3 is 2.76 bits per heavy atom. The fourth-order valence-corrected chi connectivity index (χ4v) is 2.87. The van der Waals surface area contributed by atoms with E-state index in [1.54, 1.807) is 0 Å². The highest BCUT2D eigenvalue weighted by Gasteiger charge is 2.31. The van der Waals surface area contributed by atoms with E-state index < -0.39 is 0 Å². The predicted molar refractivity (Wildman–Crippen MR) is 67.3 cm³/mol. The molecule has 1 aromatic heterocycles. The summed E-state index contributed by atoms with van der Waals surface area (Å²) in [7, 11) is 0. The normalized spacial score (nSPS) is 18.9. The van der Waals surface area contributed by atoms with Crippen molar-refractivity contribution in [1.82, 2.24) is 15.0 Å². The summed E-state index contributed by atoms with van der Waals surface area (Å²) in [5, 5.41) is 8.53. The first kappa shape index (κ1) is 10.7. The van der Waals surface area contributed by atoms with Crippen molar-refractivity contribution in [2.24, 2.45) is 0 Å². The van der Waals surface area contributed by atoms with Gasteiger partial charge in [0.15, 0.2) is 6.67 Å². The summed E-state index contributed by atoms with van der Waals surface area (Å²) in [6, 6.07) is 8.21. The largest absolute Gasteiger partial charge is 0.305 e. The zero-order valence-electron chi connectivity index (χ0n) is 10.3. The van der Waals surface area contributed by atoms with Gasteiger partial charge >= 0.3 is 0 Å². The van der Waals surface area contributed by atoms with Crippen molar-refractivity contribution < 1.29 is 4.48 Å². The molecule has 90 valence electrons. The van der Waals surface area contributed by atoms with Gasteiger partial charge in [-0.15, -0.1) is 5.10 Å². The van der Waals surface area contributed by atoms with Crippen LogP contribution in [-0.4, -0.2) is 39.1 Å². The summed E-state index contributed by atoms with van der Waals surface area (Å²) in [4.78, 5) is 0. The molecule has 0 spiro atoms. The molecule has 2 heterocycles. The lowest BCUT2D eigenvalue weighted by molar-refractivity contribution is -0.936. The molecule has 1 saturated heterocycles. The molecule has 4 heteroatoms. The Labute approximate surface area is 101 Å². The number of hydrogen-bond acceptors (Lipinski definition) is 2. The number of benzene rings is 1. The van der Waals surface area contributed by atoms with Crippen LogP contribution in [0.4, 0.5) is 0 Å². The lowest BCUT2D eigenvalue weighted by Gasteiger charge is -2.32. The van der Waals surface area contributed by atoms with Crippen molar-refractivity contribution in [2.75, 3.05) is 19.6 Å². The summed E-state index contributed by atoms with van der Waals surface area (Å²) < 4.78 is 3.23. The second-order valence-corrected chi connectivity index (χ2v) is 5.03. The van der Waals surface area contributed by atoms with Crippen LogP contribution in [0.1, 0.15) is 19.8 Å². The summed E-state index contributed by atoms with van der Waals surface area (Å²) >= 11 is 0. The second kappa shape index (κ2) is 4.11. The fraction of sp³-hybridized carbons (Fsp3) is 0.538. The highest BCUT2D eigenvalue weighted by Crippen LogP contribution is 2.21. The van der Waals surface area contributed by atoms with E-state index in [4.69, 9.17) is 0 Å². The molecule has 0 N–H and O–H groups in total. The van der Waals surface area contributed by atoms with E-state index in [-0.39, 0.29) is 0 Å². The maximum atomic E-state index is 4.30. The van der Waals surface area contributed by atoms with Crippen LogP contribution in [0.2, 0.25) is 0 Å². The first-order valence-electron chi connectivity index (χ1n) is 6.46. The van der Waals surface area contributed by atoms with Gasteiger partial charge in [0.25, 0.3) is 0 Å². The Balaban J connectivity index is 1.94. The van der Waals surface area contributed by atoms with Crippen LogP contribution in [0, 0.1) is 0 Å². The smallest absolute Gasteiger partial charge is 0.176 e. The Morgan fingerprint density at radius 1 is 1.24 bits per heavy atom. The molecule has 0 unspecified atom stereocenters. The van der Waals surface area contributed by atoms with E-state index in [2.05, 4.69) is 34.1 Å². The first-order valence-corrected chi connectivity index (χ1v) is 6.46. The molecule has 17 heavy (non-hydrogen) atoms. The van der Waals surface area contributed by atoms with E-state index in [1.807, 2.05) is 12.1 Å². The van der Waals surface area contributed by atoms with Gasteiger partial charge in [-0.25, -0.2) is 0 Å². The summed E-state index contributed by atoms with van der Waals surface area (Å²) in [6.07, 6.45) is 2.70. The molecular weight excluding hydrogens is 212 g/mol. The minimum atomic E-state index is 0.969. The number of hydrogen-bond donors (Lipinski definition) is 0. The van der Waals surface area contributed by atoms with Crippen LogP contribution < -0.4 is 0 Å². The number of likely N-dealkylation sites (tertiary alicyclic amines) is 1. The van der Waals surface area contributed by atoms with Gasteiger partial charge in [-0.3, -0.25) is 0 Å². The number of quaternary nitrogens is 1. The molecule has 0 bridgehead atoms. The minimum absolute atomic E-state index is 0.969. The van der Waals surface area contributed by atoms with E-state index in [9.17, 15) is 0 Å². The van der Waals surface area contributed by atoms with Crippen molar-refractivity contribution in [3.63, 3.8) is 0 Å². The number of rotatable bonds is 3. The lowest BCUT2D eigenvalue weighted by Crippen LogP contribution is -2.46. The van der Waals surface area contributed by atoms with Crippen molar-refractivity contribution in [2.45, 2.75) is 26.4 Å². The zero-order chi connectivity index (χ0) is 11.7. The third-order valence-electron chi connectivity index (χ3n) is 4.04. The molecule has 0 aliphatic carbocycles. The summed E-state index contributed by atoms with van der Waals surface area (Å²) in [5.74, 6) is 0. The Bertz CT molecular complexity index is 511. The van der Waals surface area contributed by atoms with Gasteiger partial charge in [-0.1, -0.05) is 17.3 Å². The van der Waals surface area contributed by atoms with Crippen LogP contribution in [0.5, 0.6) is 0 Å². The predicted octanol–water partition coefficient (Wildman–Crippen LogP) is 2.02. The van der Waals surface area contributed by atoms with Crippen LogP contribution in [0.25, 0.3) is 11.0 Å². The Morgan fingerprint density at radius 2 is 2.00 bits per heavy atom. The van der Waals surface area contributed by atoms with E-state index in [1.165, 1.54) is 32.5 Å². The summed E-state index contributed by atoms with van der Waals surface area (Å²) in [6.45, 7) is 7.00. The molecule has 2 aromatic rings. The molecule has 1 aliphatic rings. The molecule has 0 radical (unpaired) electrons. The van der Waals surface area contributed by atoms with Crippen LogP contribution >= 0.6 is 0 Å². The van der Waals surface area contributed by atoms with Crippen molar-refractivity contribution in [1.29, 1.82) is 0 Å². The SMILES string of the molecule is CC[N+]1(Cn2nnc3ccccc32)CCCC1. The zero-order valence-corrected chi connectivity index (χ0v) is 10.3. The van der Waals surface area contributed by atoms with Gasteiger partial charge in [0.05, 0.1) is 25.2 Å². The van der Waals surface area contributed by atoms with Crippen LogP contribution in [0.15, 0.2) is 24.3 Å². The molecular formula is C13H19N4+. The highest BCUT2D eigenvalue weighted by molar-refractivity contribution is 5.73. The van der Waals surface area contributed by atoms with Gasteiger partial charge < -0.3 is 4.48 Å². The monoisotopic (exact) mass is 231 g/mol. The molecule has 1 aromatic carbocycles. The third-order valence-corrected chi connectivity index (χ3v) is 4.04. The average molecular weight is 231 g/mol. The quantitative estimate of drug-likeness (QED) is 0.757. The van der Waals surface area contributed by atoms with Crippen LogP contribution in [-0.2, 0) is 6.67 Å². The van der Waals surface area contributed by atoms with Gasteiger partial charge in [-0.2, -0.15) is 4.68 Å². The minimum Gasteiger partial charge on any atom is -0.305 e. The number of aromatic nitrogens is 3. The third kappa shape index (κ3) is 1.82. The van der Waals surface area contributed by atoms with Crippen molar-refractivity contribution in [3.8, 4) is 0 Å². The number of nitrogens with zero attached hydrogens (tertiary/aromatic N) is 4. The van der Waals surface area contributed by atoms with Crippen LogP contribution in [0.3, 0.4) is 0 Å². The second-order valence-electron chi connectivity index (χ2n) is 5.03. The van der Waals surface area contributed by atoms with Crippen molar-refractivity contribution >= 4 is 11.0 Å². The average Bonchev–Trinajstić information content (AvgIpc) is 2.99. The van der Waals surface area contributed by atoms with E-state index in [0.29, 0.717) is 0 Å². The molecule has 4 nitrogen and oxygen atoms in total. The standard InChI is InChI=1S/C13H19N4/c1-2-17(9-5-6-10-17)11-16-13-8-4-3-7-12(13)14-15-16/h3-4,7-8H,2,5-6,9-11H2,1H3/q+1. The molecule has 1 fully saturated rings. The molecule has 0 atom stereocenters. The topological polar surface area (TPSA) is 30.7 Å².